The molecule has 4 nitrogen and oxygen atoms in total. The third-order valence-corrected chi connectivity index (χ3v) is 3.56. The van der Waals surface area contributed by atoms with E-state index < -0.39 is 5.91 Å². The fourth-order valence-electron chi connectivity index (χ4n) is 2.43. The molecule has 3 rings (SSSR count). The molecule has 1 amide bonds. The highest BCUT2D eigenvalue weighted by molar-refractivity contribution is 5.97. The predicted octanol–water partition coefficient (Wildman–Crippen LogP) is 2.88. The number of fused-ring (bicyclic) bond motifs is 1. The maximum absolute atomic E-state index is 11.8. The summed E-state index contributed by atoms with van der Waals surface area (Å²) in [5.74, 6) is -0.565. The molecule has 21 heavy (non-hydrogen) atoms. The highest BCUT2D eigenvalue weighted by atomic mass is 16.1. The van der Waals surface area contributed by atoms with Crippen LogP contribution >= 0.6 is 0 Å². The number of para-hydroxylation sites is 1. The zero-order chi connectivity index (χ0) is 14.8. The first kappa shape index (κ1) is 13.2. The fourth-order valence-corrected chi connectivity index (χ4v) is 2.43. The van der Waals surface area contributed by atoms with E-state index in [0.29, 0.717) is 11.3 Å². The second-order valence-electron chi connectivity index (χ2n) is 4.95. The molecule has 0 radical (unpaired) electrons. The second-order valence-corrected chi connectivity index (χ2v) is 4.95. The van der Waals surface area contributed by atoms with Crippen molar-refractivity contribution in [1.29, 1.82) is 0 Å². The Morgan fingerprint density at radius 1 is 1.14 bits per heavy atom. The van der Waals surface area contributed by atoms with Crippen molar-refractivity contribution in [1.82, 2.24) is 9.97 Å². The van der Waals surface area contributed by atoms with Crippen molar-refractivity contribution >= 4 is 16.8 Å². The lowest BCUT2D eigenvalue weighted by molar-refractivity contribution is 0.0999. The zero-order valence-electron chi connectivity index (χ0n) is 11.7. The molecular formula is C17H15N3O. The molecular weight excluding hydrogens is 262 g/mol. The summed E-state index contributed by atoms with van der Waals surface area (Å²) in [4.78, 5) is 20.7. The van der Waals surface area contributed by atoms with Gasteiger partial charge in [0.2, 0.25) is 0 Å². The molecule has 2 heterocycles. The molecule has 0 fully saturated rings. The Labute approximate surface area is 122 Å². The van der Waals surface area contributed by atoms with Crippen LogP contribution in [0.2, 0.25) is 0 Å². The van der Waals surface area contributed by atoms with Gasteiger partial charge in [-0.05, 0) is 24.3 Å². The summed E-state index contributed by atoms with van der Waals surface area (Å²) in [7, 11) is 0. The number of nitrogens with two attached hydrogens (primary N) is 1. The molecule has 2 aromatic heterocycles. The van der Waals surface area contributed by atoms with Gasteiger partial charge in [0.1, 0.15) is 0 Å². The van der Waals surface area contributed by atoms with Gasteiger partial charge in [0.15, 0.2) is 0 Å². The summed E-state index contributed by atoms with van der Waals surface area (Å²) >= 11 is 0. The lowest BCUT2D eigenvalue weighted by Crippen LogP contribution is -2.17. The molecule has 4 heteroatoms. The number of nitrogens with zero attached hydrogens (tertiary/aromatic N) is 2. The van der Waals surface area contributed by atoms with Gasteiger partial charge in [-0.25, -0.2) is 0 Å². The summed E-state index contributed by atoms with van der Waals surface area (Å²) in [6, 6.07) is 15.2. The first-order valence-corrected chi connectivity index (χ1v) is 6.77. The van der Waals surface area contributed by atoms with E-state index in [1.807, 2.05) is 49.4 Å². The smallest absolute Gasteiger partial charge is 0.250 e. The minimum atomic E-state index is -0.467. The SMILES string of the molecule is CC(c1ccccn1)c1nc2ccccc2cc1C(N)=O. The molecule has 1 aromatic carbocycles. The van der Waals surface area contributed by atoms with Crippen molar-refractivity contribution in [3.63, 3.8) is 0 Å². The van der Waals surface area contributed by atoms with Gasteiger partial charge >= 0.3 is 0 Å². The van der Waals surface area contributed by atoms with Gasteiger partial charge in [-0.3, -0.25) is 14.8 Å². The third-order valence-electron chi connectivity index (χ3n) is 3.56. The predicted molar refractivity (Wildman–Crippen MR) is 82.0 cm³/mol. The van der Waals surface area contributed by atoms with Crippen molar-refractivity contribution < 1.29 is 4.79 Å². The number of pyridine rings is 2. The summed E-state index contributed by atoms with van der Waals surface area (Å²) in [5, 5.41) is 0.906. The van der Waals surface area contributed by atoms with Crippen LogP contribution in [0, 0.1) is 0 Å². The molecule has 0 aliphatic rings. The Kier molecular flexibility index (Phi) is 3.36. The Bertz CT molecular complexity index is 799. The minimum absolute atomic E-state index is 0.0988. The molecule has 0 aliphatic carbocycles. The summed E-state index contributed by atoms with van der Waals surface area (Å²) in [6.07, 6.45) is 1.73. The molecule has 1 atom stereocenters. The maximum Gasteiger partial charge on any atom is 0.250 e. The highest BCUT2D eigenvalue weighted by Gasteiger charge is 2.19. The number of benzene rings is 1. The van der Waals surface area contributed by atoms with Gasteiger partial charge < -0.3 is 5.73 Å². The fraction of sp³-hybridized carbons (Fsp3) is 0.118. The third kappa shape index (κ3) is 2.48. The topological polar surface area (TPSA) is 68.9 Å². The second kappa shape index (κ2) is 5.32. The van der Waals surface area contributed by atoms with Crippen LogP contribution in [0.25, 0.3) is 10.9 Å². The maximum atomic E-state index is 11.8. The van der Waals surface area contributed by atoms with Crippen LogP contribution in [0.4, 0.5) is 0 Å². The van der Waals surface area contributed by atoms with E-state index in [1.54, 1.807) is 12.3 Å². The van der Waals surface area contributed by atoms with Gasteiger partial charge in [-0.2, -0.15) is 0 Å². The van der Waals surface area contributed by atoms with Gasteiger partial charge in [0, 0.05) is 23.2 Å². The molecule has 104 valence electrons. The number of hydrogen-bond acceptors (Lipinski definition) is 3. The number of rotatable bonds is 3. The Morgan fingerprint density at radius 2 is 1.90 bits per heavy atom. The van der Waals surface area contributed by atoms with Crippen LogP contribution in [-0.4, -0.2) is 15.9 Å². The van der Waals surface area contributed by atoms with Crippen molar-refractivity contribution in [3.8, 4) is 0 Å². The Hall–Kier alpha value is -2.75. The normalized spacial score (nSPS) is 12.2. The average molecular weight is 277 g/mol. The van der Waals surface area contributed by atoms with E-state index in [2.05, 4.69) is 9.97 Å². The number of carbonyl (C=O) groups excluding carboxylic acids is 1. The quantitative estimate of drug-likeness (QED) is 0.800. The Balaban J connectivity index is 2.20. The van der Waals surface area contributed by atoms with Crippen molar-refractivity contribution in [2.75, 3.05) is 0 Å². The van der Waals surface area contributed by atoms with Crippen LogP contribution in [0.5, 0.6) is 0 Å². The van der Waals surface area contributed by atoms with Crippen LogP contribution in [0.1, 0.15) is 34.6 Å². The molecule has 0 aliphatic heterocycles. The van der Waals surface area contributed by atoms with E-state index >= 15 is 0 Å². The van der Waals surface area contributed by atoms with Crippen LogP contribution in [0.3, 0.4) is 0 Å². The lowest BCUT2D eigenvalue weighted by Gasteiger charge is -2.14. The van der Waals surface area contributed by atoms with Crippen LogP contribution in [0.15, 0.2) is 54.7 Å². The number of primary amides is 1. The standard InChI is InChI=1S/C17H15N3O/c1-11(14-7-4-5-9-19-14)16-13(17(18)21)10-12-6-2-3-8-15(12)20-16/h2-11H,1H3,(H2,18,21). The number of aromatic nitrogens is 2. The Morgan fingerprint density at radius 3 is 2.62 bits per heavy atom. The van der Waals surface area contributed by atoms with Gasteiger partial charge in [-0.15, -0.1) is 0 Å². The molecule has 0 bridgehead atoms. The van der Waals surface area contributed by atoms with Crippen molar-refractivity contribution in [2.45, 2.75) is 12.8 Å². The summed E-state index contributed by atoms with van der Waals surface area (Å²) in [6.45, 7) is 1.98. The van der Waals surface area contributed by atoms with Gasteiger partial charge in [0.25, 0.3) is 5.91 Å². The van der Waals surface area contributed by atoms with E-state index in [0.717, 1.165) is 16.6 Å². The van der Waals surface area contributed by atoms with Gasteiger partial charge in [-0.1, -0.05) is 31.2 Å². The largest absolute Gasteiger partial charge is 0.366 e. The number of amides is 1. The lowest BCUT2D eigenvalue weighted by atomic mass is 9.96. The first-order chi connectivity index (χ1) is 10.2. The average Bonchev–Trinajstić information content (AvgIpc) is 2.53. The summed E-state index contributed by atoms with van der Waals surface area (Å²) in [5.41, 5.74) is 8.35. The number of carbonyl (C=O) groups is 1. The van der Waals surface area contributed by atoms with E-state index in [9.17, 15) is 4.79 Å². The van der Waals surface area contributed by atoms with E-state index in [-0.39, 0.29) is 5.92 Å². The van der Waals surface area contributed by atoms with Gasteiger partial charge in [0.05, 0.1) is 16.8 Å². The minimum Gasteiger partial charge on any atom is -0.366 e. The molecule has 3 aromatic rings. The highest BCUT2D eigenvalue weighted by Crippen LogP contribution is 2.26. The van der Waals surface area contributed by atoms with Crippen molar-refractivity contribution in [2.24, 2.45) is 5.73 Å². The molecule has 2 N–H and O–H groups in total. The first-order valence-electron chi connectivity index (χ1n) is 6.77. The molecule has 0 spiro atoms. The monoisotopic (exact) mass is 277 g/mol. The zero-order valence-corrected chi connectivity index (χ0v) is 11.7. The summed E-state index contributed by atoms with van der Waals surface area (Å²) < 4.78 is 0. The molecule has 0 saturated heterocycles. The van der Waals surface area contributed by atoms with Crippen LogP contribution in [-0.2, 0) is 0 Å². The van der Waals surface area contributed by atoms with E-state index in [4.69, 9.17) is 5.73 Å². The molecule has 0 saturated carbocycles. The van der Waals surface area contributed by atoms with Crippen molar-refractivity contribution in [3.05, 3.63) is 71.7 Å². The van der Waals surface area contributed by atoms with Crippen LogP contribution < -0.4 is 5.73 Å². The van der Waals surface area contributed by atoms with E-state index in [1.165, 1.54) is 0 Å². The number of hydrogen-bond donors (Lipinski definition) is 1. The molecule has 1 unspecified atom stereocenters.